The highest BCUT2D eigenvalue weighted by molar-refractivity contribution is 5.80. The van der Waals surface area contributed by atoms with Crippen molar-refractivity contribution in [3.05, 3.63) is 12.7 Å². The average molecular weight is 249 g/mol. The summed E-state index contributed by atoms with van der Waals surface area (Å²) in [6.07, 6.45) is 4.14. The highest BCUT2D eigenvalue weighted by Gasteiger charge is 2.06. The monoisotopic (exact) mass is 249 g/mol. The second-order valence-corrected chi connectivity index (χ2v) is 4.69. The summed E-state index contributed by atoms with van der Waals surface area (Å²) in [6.45, 7) is 6.66. The van der Waals surface area contributed by atoms with Crippen molar-refractivity contribution in [2.24, 2.45) is 5.92 Å². The van der Waals surface area contributed by atoms with Crippen molar-refractivity contribution < 1.29 is 4.74 Å². The number of imidazole rings is 1. The summed E-state index contributed by atoms with van der Waals surface area (Å²) in [5, 5.41) is 0. The Morgan fingerprint density at radius 1 is 1.33 bits per heavy atom. The Morgan fingerprint density at radius 2 is 2.17 bits per heavy atom. The van der Waals surface area contributed by atoms with Gasteiger partial charge in [0.05, 0.1) is 6.33 Å². The fourth-order valence-electron chi connectivity index (χ4n) is 1.72. The van der Waals surface area contributed by atoms with Gasteiger partial charge in [-0.2, -0.15) is 0 Å². The summed E-state index contributed by atoms with van der Waals surface area (Å²) in [6, 6.07) is 0. The van der Waals surface area contributed by atoms with E-state index in [0.29, 0.717) is 17.3 Å². The first-order valence-corrected chi connectivity index (χ1v) is 6.17. The summed E-state index contributed by atoms with van der Waals surface area (Å²) in [5.74, 6) is 1.00. The third kappa shape index (κ3) is 2.95. The van der Waals surface area contributed by atoms with Crippen LogP contribution < -0.4 is 5.73 Å². The Balaban J connectivity index is 1.90. The minimum atomic E-state index is 0.426. The van der Waals surface area contributed by atoms with Crippen molar-refractivity contribution in [3.8, 4) is 0 Å². The first kappa shape index (κ1) is 12.8. The molecule has 2 aromatic rings. The van der Waals surface area contributed by atoms with Crippen LogP contribution in [0.5, 0.6) is 0 Å². The zero-order valence-electron chi connectivity index (χ0n) is 10.8. The van der Waals surface area contributed by atoms with Gasteiger partial charge in [0.2, 0.25) is 0 Å². The number of anilines is 1. The van der Waals surface area contributed by atoms with Gasteiger partial charge in [-0.05, 0) is 12.3 Å². The predicted molar refractivity (Wildman–Crippen MR) is 70.0 cm³/mol. The molecule has 6 nitrogen and oxygen atoms in total. The maximum absolute atomic E-state index is 5.73. The Hall–Kier alpha value is -1.69. The fraction of sp³-hybridized carbons (Fsp3) is 0.583. The van der Waals surface area contributed by atoms with Crippen molar-refractivity contribution in [2.45, 2.75) is 26.8 Å². The molecule has 0 amide bonds. The van der Waals surface area contributed by atoms with E-state index in [1.165, 1.54) is 6.33 Å². The molecule has 98 valence electrons. The number of aromatic nitrogens is 4. The molecule has 0 saturated heterocycles. The molecule has 0 spiro atoms. The van der Waals surface area contributed by atoms with Crippen LogP contribution in [0.3, 0.4) is 0 Å². The Labute approximate surface area is 106 Å². The number of nitrogen functional groups attached to an aromatic ring is 1. The molecule has 0 fully saturated rings. The van der Waals surface area contributed by atoms with Gasteiger partial charge in [0.1, 0.15) is 11.8 Å². The van der Waals surface area contributed by atoms with E-state index in [0.717, 1.165) is 31.8 Å². The summed E-state index contributed by atoms with van der Waals surface area (Å²) < 4.78 is 7.52. The molecule has 0 aromatic carbocycles. The van der Waals surface area contributed by atoms with Gasteiger partial charge in [-0.3, -0.25) is 0 Å². The standard InChI is InChI=1S/C12H19N5O/c1-9(2)6-18-5-3-4-17-8-16-10-11(13)14-7-15-12(10)17/h7-9H,3-6H2,1-2H3,(H2,13,14,15). The minimum Gasteiger partial charge on any atom is -0.382 e. The van der Waals surface area contributed by atoms with Crippen molar-refractivity contribution >= 4 is 17.0 Å². The molecule has 2 N–H and O–H groups in total. The van der Waals surface area contributed by atoms with Crippen LogP contribution in [0.25, 0.3) is 11.2 Å². The molecule has 0 radical (unpaired) electrons. The predicted octanol–water partition coefficient (Wildman–Crippen LogP) is 1.47. The average Bonchev–Trinajstić information content (AvgIpc) is 2.73. The van der Waals surface area contributed by atoms with Crippen LogP contribution in [0.15, 0.2) is 12.7 Å². The number of aryl methyl sites for hydroxylation is 1. The number of ether oxygens (including phenoxy) is 1. The Morgan fingerprint density at radius 3 is 2.94 bits per heavy atom. The molecule has 0 atom stereocenters. The molecule has 2 heterocycles. The second kappa shape index (κ2) is 5.77. The Bertz CT molecular complexity index is 508. The van der Waals surface area contributed by atoms with Gasteiger partial charge >= 0.3 is 0 Å². The topological polar surface area (TPSA) is 78.9 Å². The molecule has 0 unspecified atom stereocenters. The van der Waals surface area contributed by atoms with E-state index < -0.39 is 0 Å². The lowest BCUT2D eigenvalue weighted by molar-refractivity contribution is 0.105. The molecular weight excluding hydrogens is 230 g/mol. The van der Waals surface area contributed by atoms with E-state index in [1.807, 2.05) is 4.57 Å². The summed E-state index contributed by atoms with van der Waals surface area (Å²) in [5.41, 5.74) is 7.18. The maximum atomic E-state index is 5.73. The molecule has 0 aliphatic heterocycles. The van der Waals surface area contributed by atoms with E-state index >= 15 is 0 Å². The lowest BCUT2D eigenvalue weighted by Crippen LogP contribution is -2.06. The molecule has 6 heteroatoms. The van der Waals surface area contributed by atoms with Crippen LogP contribution in [0.4, 0.5) is 5.82 Å². The van der Waals surface area contributed by atoms with Crippen molar-refractivity contribution in [2.75, 3.05) is 18.9 Å². The quantitative estimate of drug-likeness (QED) is 0.784. The van der Waals surface area contributed by atoms with Gasteiger partial charge < -0.3 is 15.0 Å². The molecule has 2 rings (SSSR count). The van der Waals surface area contributed by atoms with Crippen LogP contribution in [-0.2, 0) is 11.3 Å². The van der Waals surface area contributed by atoms with Crippen LogP contribution in [0.1, 0.15) is 20.3 Å². The van der Waals surface area contributed by atoms with E-state index in [2.05, 4.69) is 28.8 Å². The number of hydrogen-bond donors (Lipinski definition) is 1. The lowest BCUT2D eigenvalue weighted by Gasteiger charge is -2.07. The SMILES string of the molecule is CC(C)COCCCn1cnc2c(N)ncnc21. The Kier molecular flexibility index (Phi) is 4.09. The van der Waals surface area contributed by atoms with Crippen molar-refractivity contribution in [1.82, 2.24) is 19.5 Å². The number of nitrogens with zero attached hydrogens (tertiary/aromatic N) is 4. The maximum Gasteiger partial charge on any atom is 0.165 e. The lowest BCUT2D eigenvalue weighted by atomic mass is 10.2. The number of hydrogen-bond acceptors (Lipinski definition) is 5. The van der Waals surface area contributed by atoms with Crippen LogP contribution in [-0.4, -0.2) is 32.7 Å². The van der Waals surface area contributed by atoms with Gasteiger partial charge in [0.15, 0.2) is 11.5 Å². The third-order valence-corrected chi connectivity index (χ3v) is 2.57. The van der Waals surface area contributed by atoms with Crippen LogP contribution in [0.2, 0.25) is 0 Å². The van der Waals surface area contributed by atoms with Gasteiger partial charge in [-0.25, -0.2) is 15.0 Å². The second-order valence-electron chi connectivity index (χ2n) is 4.69. The summed E-state index contributed by atoms with van der Waals surface area (Å²) in [4.78, 5) is 12.3. The molecular formula is C12H19N5O. The number of nitrogens with two attached hydrogens (primary N) is 1. The van der Waals surface area contributed by atoms with Crippen molar-refractivity contribution in [3.63, 3.8) is 0 Å². The molecule has 0 saturated carbocycles. The summed E-state index contributed by atoms with van der Waals surface area (Å²) in [7, 11) is 0. The van der Waals surface area contributed by atoms with Gasteiger partial charge in [-0.1, -0.05) is 13.8 Å². The minimum absolute atomic E-state index is 0.426. The normalized spacial score (nSPS) is 11.5. The molecule has 0 aliphatic rings. The van der Waals surface area contributed by atoms with E-state index in [9.17, 15) is 0 Å². The molecule has 18 heavy (non-hydrogen) atoms. The van der Waals surface area contributed by atoms with Gasteiger partial charge in [-0.15, -0.1) is 0 Å². The van der Waals surface area contributed by atoms with E-state index in [4.69, 9.17) is 10.5 Å². The largest absolute Gasteiger partial charge is 0.382 e. The van der Waals surface area contributed by atoms with Gasteiger partial charge in [0.25, 0.3) is 0 Å². The highest BCUT2D eigenvalue weighted by atomic mass is 16.5. The smallest absolute Gasteiger partial charge is 0.165 e. The van der Waals surface area contributed by atoms with Crippen LogP contribution >= 0.6 is 0 Å². The molecule has 2 aromatic heterocycles. The highest BCUT2D eigenvalue weighted by Crippen LogP contribution is 2.14. The number of fused-ring (bicyclic) bond motifs is 1. The number of rotatable bonds is 6. The zero-order valence-corrected chi connectivity index (χ0v) is 10.8. The van der Waals surface area contributed by atoms with E-state index in [1.54, 1.807) is 6.33 Å². The first-order chi connectivity index (χ1) is 8.68. The van der Waals surface area contributed by atoms with E-state index in [-0.39, 0.29) is 0 Å². The summed E-state index contributed by atoms with van der Waals surface area (Å²) >= 11 is 0. The first-order valence-electron chi connectivity index (χ1n) is 6.17. The fourth-order valence-corrected chi connectivity index (χ4v) is 1.72. The van der Waals surface area contributed by atoms with Crippen LogP contribution in [0, 0.1) is 5.92 Å². The zero-order chi connectivity index (χ0) is 13.0. The van der Waals surface area contributed by atoms with Crippen molar-refractivity contribution in [1.29, 1.82) is 0 Å². The molecule has 0 bridgehead atoms. The van der Waals surface area contributed by atoms with Gasteiger partial charge in [0, 0.05) is 19.8 Å². The third-order valence-electron chi connectivity index (χ3n) is 2.57. The molecule has 0 aliphatic carbocycles.